The van der Waals surface area contributed by atoms with Crippen LogP contribution < -0.4 is 5.32 Å². The highest BCUT2D eigenvalue weighted by molar-refractivity contribution is 6.30. The Morgan fingerprint density at radius 3 is 2.54 bits per heavy atom. The van der Waals surface area contributed by atoms with E-state index in [1.165, 1.54) is 23.8 Å². The van der Waals surface area contributed by atoms with Crippen LogP contribution in [0, 0.1) is 17.5 Å². The molecule has 1 aliphatic rings. The smallest absolute Gasteiger partial charge is 0.182 e. The molecule has 3 aromatic carbocycles. The van der Waals surface area contributed by atoms with E-state index >= 15 is 0 Å². The van der Waals surface area contributed by atoms with E-state index in [-0.39, 0.29) is 34.8 Å². The molecule has 3 aromatic rings. The van der Waals surface area contributed by atoms with Crippen LogP contribution >= 0.6 is 11.6 Å². The van der Waals surface area contributed by atoms with Crippen LogP contribution in [0.5, 0.6) is 0 Å². The second kappa shape index (κ2) is 10.9. The van der Waals surface area contributed by atoms with E-state index in [0.717, 1.165) is 12.6 Å². The van der Waals surface area contributed by atoms with Gasteiger partial charge in [-0.3, -0.25) is 4.99 Å². The highest BCUT2D eigenvalue weighted by Crippen LogP contribution is 2.33. The molecule has 5 nitrogen and oxygen atoms in total. The zero-order valence-corrected chi connectivity index (χ0v) is 19.8. The number of hydrogen-bond donors (Lipinski definition) is 2. The lowest BCUT2D eigenvalue weighted by Gasteiger charge is -2.15. The standard InChI is InChI=1S/C26H24ClF3N4O/c1-34(15-16-5-3-2-4-6-16)10-9-31-24-14-19-18(13-22(29)25(30)26(19)32-24)23(33-35)12-17-7-8-21(28)20(27)11-17/h2-8,11,13,35H,9-10,12,14-15H2,1H3,(H,31,32)/b33-23+. The second-order valence-electron chi connectivity index (χ2n) is 8.40. The summed E-state index contributed by atoms with van der Waals surface area (Å²) in [7, 11) is 1.99. The topological polar surface area (TPSA) is 60.2 Å². The average molecular weight is 501 g/mol. The Labute approximate surface area is 206 Å². The van der Waals surface area contributed by atoms with Crippen molar-refractivity contribution in [2.75, 3.05) is 25.5 Å². The van der Waals surface area contributed by atoms with Crippen LogP contribution in [0.3, 0.4) is 0 Å². The summed E-state index contributed by atoms with van der Waals surface area (Å²) in [5.74, 6) is -2.17. The summed E-state index contributed by atoms with van der Waals surface area (Å²) in [6, 6.07) is 15.1. The van der Waals surface area contributed by atoms with Crippen molar-refractivity contribution < 1.29 is 18.4 Å². The molecule has 182 valence electrons. The van der Waals surface area contributed by atoms with Crippen molar-refractivity contribution >= 4 is 28.8 Å². The summed E-state index contributed by atoms with van der Waals surface area (Å²) in [5.41, 5.74) is 2.53. The monoisotopic (exact) mass is 500 g/mol. The van der Waals surface area contributed by atoms with Gasteiger partial charge in [-0.25, -0.2) is 13.2 Å². The number of benzene rings is 3. The van der Waals surface area contributed by atoms with Gasteiger partial charge in [0, 0.05) is 31.5 Å². The Morgan fingerprint density at radius 2 is 1.83 bits per heavy atom. The molecule has 9 heteroatoms. The Bertz CT molecular complexity index is 1280. The number of amidine groups is 1. The molecule has 0 radical (unpaired) electrons. The van der Waals surface area contributed by atoms with E-state index in [0.29, 0.717) is 30.1 Å². The van der Waals surface area contributed by atoms with Gasteiger partial charge in [0.15, 0.2) is 11.6 Å². The number of hydrogen-bond acceptors (Lipinski definition) is 4. The summed E-state index contributed by atoms with van der Waals surface area (Å²) in [5, 5.41) is 15.8. The first-order chi connectivity index (χ1) is 16.9. The number of nitrogens with zero attached hydrogens (tertiary/aromatic N) is 3. The molecule has 0 fully saturated rings. The molecule has 4 rings (SSSR count). The van der Waals surface area contributed by atoms with Crippen molar-refractivity contribution in [1.82, 2.24) is 4.90 Å². The number of anilines is 1. The van der Waals surface area contributed by atoms with E-state index < -0.39 is 17.5 Å². The first kappa shape index (κ1) is 24.8. The summed E-state index contributed by atoms with van der Waals surface area (Å²) >= 11 is 5.85. The Hall–Kier alpha value is -3.36. The van der Waals surface area contributed by atoms with E-state index in [9.17, 15) is 18.4 Å². The van der Waals surface area contributed by atoms with Crippen molar-refractivity contribution in [2.45, 2.75) is 19.4 Å². The summed E-state index contributed by atoms with van der Waals surface area (Å²) in [6.07, 6.45) is 0.276. The highest BCUT2D eigenvalue weighted by atomic mass is 35.5. The maximum atomic E-state index is 14.6. The molecule has 0 spiro atoms. The molecule has 0 unspecified atom stereocenters. The summed E-state index contributed by atoms with van der Waals surface area (Å²) in [6.45, 7) is 1.91. The summed E-state index contributed by atoms with van der Waals surface area (Å²) < 4.78 is 42.5. The average Bonchev–Trinajstić information content (AvgIpc) is 3.27. The van der Waals surface area contributed by atoms with E-state index in [2.05, 4.69) is 32.5 Å². The molecule has 0 atom stereocenters. The van der Waals surface area contributed by atoms with Gasteiger partial charge in [0.05, 0.1) is 23.0 Å². The Kier molecular flexibility index (Phi) is 7.73. The fourth-order valence-electron chi connectivity index (χ4n) is 4.04. The minimum atomic E-state index is -1.08. The van der Waals surface area contributed by atoms with Crippen LogP contribution in [0.15, 0.2) is 64.7 Å². The second-order valence-corrected chi connectivity index (χ2v) is 8.81. The maximum Gasteiger partial charge on any atom is 0.182 e. The number of halogens is 4. The molecule has 0 amide bonds. The molecular weight excluding hydrogens is 477 g/mol. The maximum absolute atomic E-state index is 14.6. The zero-order chi connectivity index (χ0) is 24.9. The van der Waals surface area contributed by atoms with E-state index in [1.54, 1.807) is 0 Å². The first-order valence-corrected chi connectivity index (χ1v) is 11.4. The molecule has 0 saturated carbocycles. The van der Waals surface area contributed by atoms with Crippen molar-refractivity contribution in [3.05, 3.63) is 99.3 Å². The fraction of sp³-hybridized carbons (Fsp3) is 0.231. The van der Waals surface area contributed by atoms with Gasteiger partial charge in [-0.1, -0.05) is 53.2 Å². The van der Waals surface area contributed by atoms with Crippen molar-refractivity contribution in [2.24, 2.45) is 10.1 Å². The molecular formula is C26H24ClF3N4O. The van der Waals surface area contributed by atoms with Gasteiger partial charge in [-0.15, -0.1) is 0 Å². The lowest BCUT2D eigenvalue weighted by Crippen LogP contribution is -2.22. The Morgan fingerprint density at radius 1 is 1.06 bits per heavy atom. The van der Waals surface area contributed by atoms with Crippen LogP contribution in [-0.2, 0) is 19.4 Å². The van der Waals surface area contributed by atoms with Crippen LogP contribution in [0.25, 0.3) is 0 Å². The van der Waals surface area contributed by atoms with Crippen molar-refractivity contribution in [3.63, 3.8) is 0 Å². The minimum absolute atomic E-state index is 0.0188. The van der Waals surface area contributed by atoms with Crippen LogP contribution in [0.2, 0.25) is 5.02 Å². The third-order valence-electron chi connectivity index (χ3n) is 5.81. The predicted octanol–water partition coefficient (Wildman–Crippen LogP) is 5.68. The third-order valence-corrected chi connectivity index (χ3v) is 6.10. The molecule has 1 aliphatic heterocycles. The van der Waals surface area contributed by atoms with Crippen LogP contribution in [0.4, 0.5) is 18.9 Å². The van der Waals surface area contributed by atoms with Crippen LogP contribution in [-0.4, -0.2) is 41.8 Å². The molecule has 35 heavy (non-hydrogen) atoms. The number of oxime groups is 1. The van der Waals surface area contributed by atoms with Gasteiger partial charge in [0.1, 0.15) is 11.7 Å². The lowest BCUT2D eigenvalue weighted by atomic mass is 9.95. The lowest BCUT2D eigenvalue weighted by molar-refractivity contribution is 0.318. The quantitative estimate of drug-likeness (QED) is 0.238. The predicted molar refractivity (Wildman–Crippen MR) is 132 cm³/mol. The van der Waals surface area contributed by atoms with Gasteiger partial charge in [0.25, 0.3) is 0 Å². The van der Waals surface area contributed by atoms with Crippen LogP contribution in [0.1, 0.15) is 22.3 Å². The minimum Gasteiger partial charge on any atom is -0.411 e. The largest absolute Gasteiger partial charge is 0.411 e. The molecule has 2 N–H and O–H groups in total. The molecule has 1 heterocycles. The molecule has 0 aliphatic carbocycles. The van der Waals surface area contributed by atoms with Gasteiger partial charge in [-0.2, -0.15) is 0 Å². The highest BCUT2D eigenvalue weighted by Gasteiger charge is 2.28. The molecule has 0 bridgehead atoms. The summed E-state index contributed by atoms with van der Waals surface area (Å²) in [4.78, 5) is 6.66. The van der Waals surface area contributed by atoms with Gasteiger partial charge in [-0.05, 0) is 41.9 Å². The van der Waals surface area contributed by atoms with Gasteiger partial charge < -0.3 is 15.4 Å². The van der Waals surface area contributed by atoms with Crippen molar-refractivity contribution in [1.29, 1.82) is 0 Å². The number of aliphatic imine (C=N–C) groups is 1. The van der Waals surface area contributed by atoms with Gasteiger partial charge in [0.2, 0.25) is 0 Å². The number of likely N-dealkylation sites (N-methyl/N-ethyl adjacent to an activating group) is 1. The SMILES string of the molecule is CN(CCN=C1Cc2c(/C(Cc3ccc(F)c(Cl)c3)=N/O)cc(F)c(F)c2N1)Cc1ccccc1. The number of fused-ring (bicyclic) bond motifs is 1. The number of rotatable bonds is 8. The van der Waals surface area contributed by atoms with Gasteiger partial charge >= 0.3 is 0 Å². The first-order valence-electron chi connectivity index (χ1n) is 11.0. The van der Waals surface area contributed by atoms with E-state index in [4.69, 9.17) is 11.6 Å². The fourth-order valence-corrected chi connectivity index (χ4v) is 4.25. The molecule has 0 aromatic heterocycles. The van der Waals surface area contributed by atoms with Crippen molar-refractivity contribution in [3.8, 4) is 0 Å². The number of nitrogens with one attached hydrogen (secondary N) is 1. The normalized spacial score (nSPS) is 14.5. The molecule has 0 saturated heterocycles. The third kappa shape index (κ3) is 5.83. The Balaban J connectivity index is 1.49. The zero-order valence-electron chi connectivity index (χ0n) is 19.0. The van der Waals surface area contributed by atoms with E-state index in [1.807, 2.05) is 25.2 Å².